The zero-order valence-corrected chi connectivity index (χ0v) is 14.5. The molecule has 6 heteroatoms. The van der Waals surface area contributed by atoms with Gasteiger partial charge in [0.15, 0.2) is 0 Å². The molecule has 0 aromatic rings. The summed E-state index contributed by atoms with van der Waals surface area (Å²) >= 11 is 0. The van der Waals surface area contributed by atoms with Gasteiger partial charge in [-0.2, -0.15) is 13.2 Å². The fourth-order valence-electron chi connectivity index (χ4n) is 5.08. The lowest BCUT2D eigenvalue weighted by Gasteiger charge is -2.23. The number of carbonyl (C=O) groups excluding carboxylic acids is 1. The molecule has 0 bridgehead atoms. The van der Waals surface area contributed by atoms with Crippen LogP contribution in [0, 0.1) is 22.7 Å². The van der Waals surface area contributed by atoms with Crippen molar-refractivity contribution in [2.24, 2.45) is 22.7 Å². The minimum absolute atomic E-state index is 0.00711. The third-order valence-electron chi connectivity index (χ3n) is 6.66. The number of fused-ring (bicyclic) bond motifs is 1. The van der Waals surface area contributed by atoms with Gasteiger partial charge in [-0.3, -0.25) is 4.79 Å². The van der Waals surface area contributed by atoms with Crippen molar-refractivity contribution in [2.45, 2.75) is 64.5 Å². The first-order chi connectivity index (χ1) is 11.3. The molecule has 1 saturated heterocycles. The molecule has 0 aromatic heterocycles. The van der Waals surface area contributed by atoms with E-state index in [0.29, 0.717) is 12.5 Å². The van der Waals surface area contributed by atoms with Crippen molar-refractivity contribution >= 4 is 5.91 Å². The Bertz CT molecular complexity index is 475. The molecule has 1 unspecified atom stereocenters. The van der Waals surface area contributed by atoms with Gasteiger partial charge in [-0.05, 0) is 25.2 Å². The monoisotopic (exact) mass is 346 g/mol. The average molecular weight is 346 g/mol. The number of halogens is 3. The molecule has 3 aliphatic rings. The molecule has 3 nitrogen and oxygen atoms in total. The largest absolute Gasteiger partial charge is 0.396 e. The van der Waals surface area contributed by atoms with Crippen molar-refractivity contribution in [2.75, 3.05) is 19.6 Å². The summed E-state index contributed by atoms with van der Waals surface area (Å²) in [6.07, 6.45) is 3.50. The fraction of sp³-hybridized carbons (Fsp3) is 0.944. The van der Waals surface area contributed by atoms with Crippen LogP contribution in [0.3, 0.4) is 0 Å². The number of piperidine rings is 1. The Labute approximate surface area is 142 Å². The van der Waals surface area contributed by atoms with E-state index in [2.05, 4.69) is 17.6 Å². The summed E-state index contributed by atoms with van der Waals surface area (Å²) < 4.78 is 40.1. The first kappa shape index (κ1) is 18.0. The highest BCUT2D eigenvalue weighted by Crippen LogP contribution is 2.72. The maximum Gasteiger partial charge on any atom is 0.396 e. The van der Waals surface area contributed by atoms with Crippen molar-refractivity contribution in [1.29, 1.82) is 0 Å². The van der Waals surface area contributed by atoms with Crippen LogP contribution >= 0.6 is 0 Å². The first-order valence-corrected chi connectivity index (χ1v) is 9.39. The van der Waals surface area contributed by atoms with Crippen molar-refractivity contribution in [3.05, 3.63) is 0 Å². The molecule has 2 N–H and O–H groups in total. The van der Waals surface area contributed by atoms with E-state index in [9.17, 15) is 18.0 Å². The molecule has 1 heterocycles. The van der Waals surface area contributed by atoms with Crippen molar-refractivity contribution in [3.63, 3.8) is 0 Å². The molecular formula is C18H29F3N2O. The van der Waals surface area contributed by atoms with E-state index in [1.807, 2.05) is 0 Å². The minimum atomic E-state index is -4.19. The summed E-state index contributed by atoms with van der Waals surface area (Å²) in [4.78, 5) is 12.6. The third kappa shape index (κ3) is 3.06. The maximum absolute atomic E-state index is 13.4. The molecule has 2 saturated carbocycles. The lowest BCUT2D eigenvalue weighted by molar-refractivity contribution is -0.190. The van der Waals surface area contributed by atoms with Gasteiger partial charge in [-0.15, -0.1) is 0 Å². The highest BCUT2D eigenvalue weighted by atomic mass is 19.4. The minimum Gasteiger partial charge on any atom is -0.355 e. The smallest absolute Gasteiger partial charge is 0.355 e. The normalized spacial score (nSPS) is 34.2. The molecule has 138 valence electrons. The fourth-order valence-corrected chi connectivity index (χ4v) is 5.08. The van der Waals surface area contributed by atoms with Crippen LogP contribution in [0.15, 0.2) is 0 Å². The van der Waals surface area contributed by atoms with Crippen LogP contribution in [0.1, 0.15) is 58.3 Å². The zero-order valence-electron chi connectivity index (χ0n) is 14.5. The summed E-state index contributed by atoms with van der Waals surface area (Å²) in [5.41, 5.74) is -2.43. The van der Waals surface area contributed by atoms with Crippen LogP contribution in [0.25, 0.3) is 0 Å². The lowest BCUT2D eigenvalue weighted by Crippen LogP contribution is -2.40. The van der Waals surface area contributed by atoms with E-state index in [1.165, 1.54) is 25.7 Å². The Hall–Kier alpha value is -0.780. The number of hydrogen-bond acceptors (Lipinski definition) is 2. The summed E-state index contributed by atoms with van der Waals surface area (Å²) in [5.74, 6) is 0.546. The Balaban J connectivity index is 1.56. The lowest BCUT2D eigenvalue weighted by atomic mass is 9.89. The molecule has 3 atom stereocenters. The van der Waals surface area contributed by atoms with Gasteiger partial charge in [0.25, 0.3) is 0 Å². The van der Waals surface area contributed by atoms with E-state index in [0.717, 1.165) is 19.3 Å². The molecule has 24 heavy (non-hydrogen) atoms. The molecule has 3 fully saturated rings. The number of rotatable bonds is 7. The predicted octanol–water partition coefficient (Wildman–Crippen LogP) is 3.64. The molecule has 1 aliphatic heterocycles. The summed E-state index contributed by atoms with van der Waals surface area (Å²) in [6.45, 7) is 2.56. The van der Waals surface area contributed by atoms with Crippen LogP contribution in [0.5, 0.6) is 0 Å². The molecule has 0 spiro atoms. The quantitative estimate of drug-likeness (QED) is 0.739. The van der Waals surface area contributed by atoms with E-state index < -0.39 is 17.0 Å². The van der Waals surface area contributed by atoms with Crippen LogP contribution in [-0.2, 0) is 4.79 Å². The van der Waals surface area contributed by atoms with Gasteiger partial charge in [-0.1, -0.05) is 39.0 Å². The van der Waals surface area contributed by atoms with Crippen LogP contribution in [-0.4, -0.2) is 31.7 Å². The maximum atomic E-state index is 13.4. The second-order valence-electron chi connectivity index (χ2n) is 8.23. The molecule has 2 aliphatic carbocycles. The zero-order chi connectivity index (χ0) is 17.4. The van der Waals surface area contributed by atoms with E-state index in [1.54, 1.807) is 0 Å². The van der Waals surface area contributed by atoms with E-state index in [-0.39, 0.29) is 31.3 Å². The van der Waals surface area contributed by atoms with E-state index >= 15 is 0 Å². The second kappa shape index (κ2) is 6.50. The molecule has 0 radical (unpaired) electrons. The topological polar surface area (TPSA) is 41.1 Å². The van der Waals surface area contributed by atoms with Crippen LogP contribution < -0.4 is 10.6 Å². The van der Waals surface area contributed by atoms with Crippen LogP contribution in [0.2, 0.25) is 0 Å². The highest BCUT2D eigenvalue weighted by Gasteiger charge is 2.81. The number of hydrogen-bond donors (Lipinski definition) is 2. The molecule has 1 amide bonds. The second-order valence-corrected chi connectivity index (χ2v) is 8.23. The number of alkyl halides is 3. The number of amides is 1. The van der Waals surface area contributed by atoms with Gasteiger partial charge >= 0.3 is 6.18 Å². The van der Waals surface area contributed by atoms with Crippen molar-refractivity contribution < 1.29 is 18.0 Å². The Morgan fingerprint density at radius 3 is 2.58 bits per heavy atom. The average Bonchev–Trinajstić information content (AvgIpc) is 2.88. The Kier molecular flexibility index (Phi) is 4.89. The summed E-state index contributed by atoms with van der Waals surface area (Å²) in [5, 5.41) is 5.76. The number of carbonyl (C=O) groups is 1. The van der Waals surface area contributed by atoms with Crippen molar-refractivity contribution in [1.82, 2.24) is 10.6 Å². The van der Waals surface area contributed by atoms with Crippen LogP contribution in [0.4, 0.5) is 13.2 Å². The molecular weight excluding hydrogens is 317 g/mol. The number of nitrogens with one attached hydrogen (secondary N) is 2. The van der Waals surface area contributed by atoms with Gasteiger partial charge in [-0.25, -0.2) is 0 Å². The Morgan fingerprint density at radius 2 is 2.00 bits per heavy atom. The summed E-state index contributed by atoms with van der Waals surface area (Å²) in [6, 6.07) is 0. The molecule has 0 aromatic carbocycles. The third-order valence-corrected chi connectivity index (χ3v) is 6.66. The molecule has 3 rings (SSSR count). The highest BCUT2D eigenvalue weighted by molar-refractivity contribution is 5.78. The summed E-state index contributed by atoms with van der Waals surface area (Å²) in [7, 11) is 0. The van der Waals surface area contributed by atoms with Gasteiger partial charge in [0.05, 0.1) is 5.41 Å². The standard InChI is InChI=1S/C18H29F3N2O/c1-2-5-14(8-13-6-3-4-7-13)15(24)23-11-16-9-17(16,12-22-10-16)18(19,20)21/h13-14,22H,2-12H2,1H3,(H,23,24)/t14?,16-,17-/m1/s1. The van der Waals surface area contributed by atoms with Gasteiger partial charge < -0.3 is 10.6 Å². The van der Waals surface area contributed by atoms with E-state index in [4.69, 9.17) is 0 Å². The van der Waals surface area contributed by atoms with Gasteiger partial charge in [0.1, 0.15) is 0 Å². The van der Waals surface area contributed by atoms with Crippen molar-refractivity contribution in [3.8, 4) is 0 Å². The SMILES string of the molecule is CCCC(CC1CCCC1)C(=O)NC[C@@]12CNC[C@]1(C(F)(F)F)C2. The van der Waals surface area contributed by atoms with Gasteiger partial charge in [0, 0.05) is 31.0 Å². The first-order valence-electron chi connectivity index (χ1n) is 9.39. The van der Waals surface area contributed by atoms with Gasteiger partial charge in [0.2, 0.25) is 5.91 Å². The predicted molar refractivity (Wildman–Crippen MR) is 86.4 cm³/mol. The Morgan fingerprint density at radius 1 is 1.29 bits per heavy atom.